The van der Waals surface area contributed by atoms with Gasteiger partial charge in [-0.25, -0.2) is 18.2 Å². The van der Waals surface area contributed by atoms with Crippen LogP contribution >= 0.6 is 0 Å². The SMILES string of the molecule is Cc1ccc(S(=O)(=O)N2CCCCC2c2cccnc2N(C(=O)OC(C)(C)C)C(C)C)cc1. The molecule has 1 fully saturated rings. The predicted molar refractivity (Wildman–Crippen MR) is 130 cm³/mol. The Kier molecular flexibility index (Phi) is 7.49. The maximum absolute atomic E-state index is 13.6. The molecule has 2 aromatic rings. The fourth-order valence-corrected chi connectivity index (χ4v) is 5.75. The van der Waals surface area contributed by atoms with Crippen molar-refractivity contribution in [2.24, 2.45) is 0 Å². The number of nitrogens with zero attached hydrogens (tertiary/aromatic N) is 3. The zero-order valence-electron chi connectivity index (χ0n) is 20.4. The number of amides is 1. The Labute approximate surface area is 197 Å². The van der Waals surface area contributed by atoms with Crippen LogP contribution in [-0.2, 0) is 14.8 Å². The minimum absolute atomic E-state index is 0.223. The predicted octanol–water partition coefficient (Wildman–Crippen LogP) is 5.46. The third-order valence-corrected chi connectivity index (χ3v) is 7.51. The van der Waals surface area contributed by atoms with Crippen molar-refractivity contribution in [3.8, 4) is 0 Å². The number of hydrogen-bond acceptors (Lipinski definition) is 5. The number of carbonyl (C=O) groups excluding carboxylic acids is 1. The van der Waals surface area contributed by atoms with Gasteiger partial charge in [-0.2, -0.15) is 4.31 Å². The molecule has 1 atom stereocenters. The minimum atomic E-state index is -3.72. The lowest BCUT2D eigenvalue weighted by Crippen LogP contribution is -2.44. The van der Waals surface area contributed by atoms with Crippen molar-refractivity contribution in [1.29, 1.82) is 0 Å². The lowest BCUT2D eigenvalue weighted by Gasteiger charge is -2.37. The molecule has 180 valence electrons. The molecule has 1 aromatic carbocycles. The van der Waals surface area contributed by atoms with Crippen LogP contribution < -0.4 is 4.90 Å². The van der Waals surface area contributed by atoms with E-state index in [4.69, 9.17) is 4.74 Å². The second-order valence-corrected chi connectivity index (χ2v) is 11.7. The largest absolute Gasteiger partial charge is 0.443 e. The number of benzene rings is 1. The first-order valence-corrected chi connectivity index (χ1v) is 12.9. The first kappa shape index (κ1) is 25.2. The summed E-state index contributed by atoms with van der Waals surface area (Å²) in [6.07, 6.45) is 3.47. The molecule has 1 aliphatic heterocycles. The summed E-state index contributed by atoms with van der Waals surface area (Å²) in [5, 5.41) is 0. The molecular weight excluding hydrogens is 438 g/mol. The molecular formula is C25H35N3O4S. The number of hydrogen-bond donors (Lipinski definition) is 0. The Morgan fingerprint density at radius 2 is 1.82 bits per heavy atom. The van der Waals surface area contributed by atoms with Crippen LogP contribution in [0.3, 0.4) is 0 Å². The fourth-order valence-electron chi connectivity index (χ4n) is 4.07. The van der Waals surface area contributed by atoms with Gasteiger partial charge in [0.25, 0.3) is 0 Å². The van der Waals surface area contributed by atoms with E-state index in [9.17, 15) is 13.2 Å². The molecule has 3 rings (SSSR count). The van der Waals surface area contributed by atoms with Crippen LogP contribution in [0.1, 0.15) is 71.0 Å². The number of rotatable bonds is 5. The van der Waals surface area contributed by atoms with Crippen molar-refractivity contribution in [2.45, 2.75) is 83.4 Å². The van der Waals surface area contributed by atoms with Gasteiger partial charge in [-0.05, 0) is 72.6 Å². The number of ether oxygens (including phenoxy) is 1. The molecule has 0 saturated carbocycles. The quantitative estimate of drug-likeness (QED) is 0.576. The molecule has 1 aliphatic rings. The molecule has 1 saturated heterocycles. The molecule has 1 amide bonds. The van der Waals surface area contributed by atoms with E-state index in [0.717, 1.165) is 18.4 Å². The van der Waals surface area contributed by atoms with Gasteiger partial charge in [0.1, 0.15) is 11.4 Å². The van der Waals surface area contributed by atoms with Gasteiger partial charge in [0, 0.05) is 24.3 Å². The van der Waals surface area contributed by atoms with Crippen molar-refractivity contribution < 1.29 is 17.9 Å². The van der Waals surface area contributed by atoms with E-state index in [1.807, 2.05) is 59.7 Å². The second-order valence-electron chi connectivity index (χ2n) is 9.80. The van der Waals surface area contributed by atoms with Gasteiger partial charge in [-0.1, -0.05) is 30.2 Å². The lowest BCUT2D eigenvalue weighted by atomic mass is 9.97. The summed E-state index contributed by atoms with van der Waals surface area (Å²) in [6.45, 7) is 11.6. The third-order valence-electron chi connectivity index (χ3n) is 5.59. The van der Waals surface area contributed by atoms with E-state index in [0.29, 0.717) is 24.3 Å². The lowest BCUT2D eigenvalue weighted by molar-refractivity contribution is 0.0568. The van der Waals surface area contributed by atoms with Gasteiger partial charge in [0.2, 0.25) is 10.0 Å². The number of aryl methyl sites for hydroxylation is 1. The highest BCUT2D eigenvalue weighted by atomic mass is 32.2. The van der Waals surface area contributed by atoms with Crippen LogP contribution in [0.15, 0.2) is 47.5 Å². The van der Waals surface area contributed by atoms with E-state index in [2.05, 4.69) is 4.98 Å². The Hall–Kier alpha value is -2.45. The van der Waals surface area contributed by atoms with Crippen molar-refractivity contribution in [1.82, 2.24) is 9.29 Å². The van der Waals surface area contributed by atoms with Crippen molar-refractivity contribution in [2.75, 3.05) is 11.4 Å². The maximum atomic E-state index is 13.6. The van der Waals surface area contributed by atoms with Crippen LogP contribution in [0.4, 0.5) is 10.6 Å². The number of carbonyl (C=O) groups is 1. The highest BCUT2D eigenvalue weighted by Gasteiger charge is 2.38. The zero-order chi connectivity index (χ0) is 24.4. The number of sulfonamides is 1. The average molecular weight is 474 g/mol. The Bertz CT molecular complexity index is 1080. The number of pyridine rings is 1. The van der Waals surface area contributed by atoms with Gasteiger partial charge in [-0.3, -0.25) is 4.90 Å². The van der Waals surface area contributed by atoms with Crippen molar-refractivity contribution in [3.63, 3.8) is 0 Å². The normalized spacial score (nSPS) is 17.7. The topological polar surface area (TPSA) is 79.8 Å². The van der Waals surface area contributed by atoms with Gasteiger partial charge < -0.3 is 4.74 Å². The monoisotopic (exact) mass is 473 g/mol. The standard InChI is InChI=1S/C25H35N3O4S/c1-18(2)28(24(29)32-25(4,5)6)23-21(10-9-16-26-23)22-11-7-8-17-27(22)33(30,31)20-14-12-19(3)13-15-20/h9-10,12-16,18,22H,7-8,11,17H2,1-6H3. The summed E-state index contributed by atoms with van der Waals surface area (Å²) in [6, 6.07) is 9.95. The van der Waals surface area contributed by atoms with Crippen LogP contribution in [-0.4, -0.2) is 42.0 Å². The summed E-state index contributed by atoms with van der Waals surface area (Å²) in [4.78, 5) is 19.4. The molecule has 0 N–H and O–H groups in total. The number of piperidine rings is 1. The smallest absolute Gasteiger partial charge is 0.416 e. The van der Waals surface area contributed by atoms with Crippen molar-refractivity contribution >= 4 is 21.9 Å². The van der Waals surface area contributed by atoms with E-state index >= 15 is 0 Å². The van der Waals surface area contributed by atoms with E-state index in [-0.39, 0.29) is 10.9 Å². The van der Waals surface area contributed by atoms with Gasteiger partial charge in [0.15, 0.2) is 0 Å². The molecule has 1 aromatic heterocycles. The molecule has 0 aliphatic carbocycles. The van der Waals surface area contributed by atoms with Gasteiger partial charge in [0.05, 0.1) is 10.9 Å². The molecule has 0 bridgehead atoms. The van der Waals surface area contributed by atoms with Crippen LogP contribution in [0, 0.1) is 6.92 Å². The Morgan fingerprint density at radius 1 is 1.15 bits per heavy atom. The summed E-state index contributed by atoms with van der Waals surface area (Å²) in [7, 11) is -3.72. The summed E-state index contributed by atoms with van der Waals surface area (Å²) >= 11 is 0. The molecule has 7 nitrogen and oxygen atoms in total. The second kappa shape index (κ2) is 9.81. The number of aromatic nitrogens is 1. The third kappa shape index (κ3) is 5.73. The van der Waals surface area contributed by atoms with Crippen molar-refractivity contribution in [3.05, 3.63) is 53.7 Å². The number of anilines is 1. The molecule has 8 heteroatoms. The summed E-state index contributed by atoms with van der Waals surface area (Å²) in [5.41, 5.74) is 1.06. The minimum Gasteiger partial charge on any atom is -0.443 e. The van der Waals surface area contributed by atoms with Gasteiger partial charge in [-0.15, -0.1) is 0 Å². The summed E-state index contributed by atoms with van der Waals surface area (Å²) in [5.74, 6) is 0.442. The molecule has 0 spiro atoms. The molecule has 1 unspecified atom stereocenters. The van der Waals surface area contributed by atoms with Crippen LogP contribution in [0.25, 0.3) is 0 Å². The molecule has 33 heavy (non-hydrogen) atoms. The first-order valence-electron chi connectivity index (χ1n) is 11.5. The maximum Gasteiger partial charge on any atom is 0.416 e. The highest BCUT2D eigenvalue weighted by Crippen LogP contribution is 2.39. The fraction of sp³-hybridized carbons (Fsp3) is 0.520. The van der Waals surface area contributed by atoms with Gasteiger partial charge >= 0.3 is 6.09 Å². The van der Waals surface area contributed by atoms with E-state index in [1.165, 1.54) is 4.90 Å². The average Bonchev–Trinajstić information content (AvgIpc) is 2.73. The van der Waals surface area contributed by atoms with E-state index in [1.54, 1.807) is 28.7 Å². The van der Waals surface area contributed by atoms with Crippen LogP contribution in [0.5, 0.6) is 0 Å². The summed E-state index contributed by atoms with van der Waals surface area (Å²) < 4.78 is 34.5. The zero-order valence-corrected chi connectivity index (χ0v) is 21.2. The van der Waals surface area contributed by atoms with E-state index < -0.39 is 27.8 Å². The Morgan fingerprint density at radius 3 is 2.42 bits per heavy atom. The molecule has 2 heterocycles. The molecule has 0 radical (unpaired) electrons. The Balaban J connectivity index is 2.06. The van der Waals surface area contributed by atoms with Crippen LogP contribution in [0.2, 0.25) is 0 Å². The highest BCUT2D eigenvalue weighted by molar-refractivity contribution is 7.89. The first-order chi connectivity index (χ1) is 15.4.